The molecule has 2 heterocycles. The summed E-state index contributed by atoms with van der Waals surface area (Å²) < 4.78 is 7.84. The van der Waals surface area contributed by atoms with Crippen molar-refractivity contribution >= 4 is 0 Å². The quantitative estimate of drug-likeness (QED) is 0.845. The number of aromatic nitrogens is 2. The Bertz CT molecular complexity index is 667. The van der Waals surface area contributed by atoms with Crippen molar-refractivity contribution in [2.45, 2.75) is 32.5 Å². The Morgan fingerprint density at radius 2 is 2.04 bits per heavy atom. The first-order valence-electron chi connectivity index (χ1n) is 8.67. The van der Waals surface area contributed by atoms with Crippen molar-refractivity contribution in [2.24, 2.45) is 0 Å². The van der Waals surface area contributed by atoms with Gasteiger partial charge >= 0.3 is 0 Å². The number of hydrogen-bond acceptors (Lipinski definition) is 4. The standard InChI is InChI=1S/C19H28N4O/c1-15(2)23-10-9-20-19(23)14-22-12-11-21(3)17(13-22)16-7-5-6-8-18(16)24-4/h5-10,15,17H,11-14H2,1-4H3. The molecule has 1 fully saturated rings. The molecule has 0 saturated carbocycles. The van der Waals surface area contributed by atoms with E-state index >= 15 is 0 Å². The summed E-state index contributed by atoms with van der Waals surface area (Å²) in [5.74, 6) is 2.12. The van der Waals surface area contributed by atoms with Crippen LogP contribution < -0.4 is 4.74 Å². The van der Waals surface area contributed by atoms with E-state index in [9.17, 15) is 0 Å². The molecule has 1 unspecified atom stereocenters. The monoisotopic (exact) mass is 328 g/mol. The average Bonchev–Trinajstić information content (AvgIpc) is 3.05. The van der Waals surface area contributed by atoms with E-state index in [0.717, 1.165) is 37.8 Å². The van der Waals surface area contributed by atoms with Crippen molar-refractivity contribution in [3.05, 3.63) is 48.0 Å². The number of piperazine rings is 1. The Morgan fingerprint density at radius 1 is 1.25 bits per heavy atom. The van der Waals surface area contributed by atoms with E-state index in [4.69, 9.17) is 4.74 Å². The van der Waals surface area contributed by atoms with E-state index < -0.39 is 0 Å². The minimum absolute atomic E-state index is 0.345. The second-order valence-corrected chi connectivity index (χ2v) is 6.82. The predicted molar refractivity (Wildman–Crippen MR) is 96.3 cm³/mol. The molecule has 0 spiro atoms. The van der Waals surface area contributed by atoms with Crippen LogP contribution in [0.5, 0.6) is 5.75 Å². The molecule has 1 aromatic carbocycles. The third kappa shape index (κ3) is 3.47. The number of hydrogen-bond donors (Lipinski definition) is 0. The van der Waals surface area contributed by atoms with Crippen LogP contribution in [0.25, 0.3) is 0 Å². The maximum atomic E-state index is 5.58. The molecule has 1 atom stereocenters. The zero-order chi connectivity index (χ0) is 17.1. The maximum absolute atomic E-state index is 5.58. The summed E-state index contributed by atoms with van der Waals surface area (Å²) in [6.07, 6.45) is 3.98. The maximum Gasteiger partial charge on any atom is 0.123 e. The fourth-order valence-electron chi connectivity index (χ4n) is 3.49. The molecule has 1 aromatic heterocycles. The van der Waals surface area contributed by atoms with Gasteiger partial charge in [-0.05, 0) is 27.0 Å². The summed E-state index contributed by atoms with van der Waals surface area (Å²) in [7, 11) is 3.95. The van der Waals surface area contributed by atoms with E-state index in [1.54, 1.807) is 7.11 Å². The second kappa shape index (κ2) is 7.36. The first-order valence-corrected chi connectivity index (χ1v) is 8.67. The number of imidazole rings is 1. The van der Waals surface area contributed by atoms with E-state index in [1.165, 1.54) is 5.56 Å². The topological polar surface area (TPSA) is 33.5 Å². The number of methoxy groups -OCH3 is 1. The molecule has 1 saturated heterocycles. The van der Waals surface area contributed by atoms with E-state index in [2.05, 4.69) is 58.6 Å². The smallest absolute Gasteiger partial charge is 0.123 e. The Hall–Kier alpha value is -1.85. The van der Waals surface area contributed by atoms with Crippen molar-refractivity contribution < 1.29 is 4.74 Å². The van der Waals surface area contributed by atoms with E-state index in [-0.39, 0.29) is 0 Å². The average molecular weight is 328 g/mol. The van der Waals surface area contributed by atoms with Crippen molar-refractivity contribution in [1.82, 2.24) is 19.4 Å². The fraction of sp³-hybridized carbons (Fsp3) is 0.526. The molecule has 130 valence electrons. The normalized spacial score (nSPS) is 19.8. The lowest BCUT2D eigenvalue weighted by Crippen LogP contribution is -2.46. The number of ether oxygens (including phenoxy) is 1. The summed E-state index contributed by atoms with van der Waals surface area (Å²) in [6.45, 7) is 8.39. The molecule has 0 radical (unpaired) electrons. The summed E-state index contributed by atoms with van der Waals surface area (Å²) in [5, 5.41) is 0. The Kier molecular flexibility index (Phi) is 5.21. The number of likely N-dealkylation sites (N-methyl/N-ethyl adjacent to an activating group) is 1. The predicted octanol–water partition coefficient (Wildman–Crippen LogP) is 2.96. The molecule has 5 nitrogen and oxygen atoms in total. The zero-order valence-electron chi connectivity index (χ0n) is 15.1. The van der Waals surface area contributed by atoms with Crippen LogP contribution in [-0.2, 0) is 6.54 Å². The SMILES string of the molecule is COc1ccccc1C1CN(Cc2nccn2C(C)C)CCN1C. The fourth-order valence-corrected chi connectivity index (χ4v) is 3.49. The van der Waals surface area contributed by atoms with Crippen LogP contribution in [0.15, 0.2) is 36.7 Å². The van der Waals surface area contributed by atoms with Gasteiger partial charge in [0.15, 0.2) is 0 Å². The Balaban J connectivity index is 1.77. The Labute approximate surface area is 144 Å². The van der Waals surface area contributed by atoms with Crippen molar-refractivity contribution in [3.8, 4) is 5.75 Å². The van der Waals surface area contributed by atoms with Crippen LogP contribution in [0, 0.1) is 0 Å². The number of benzene rings is 1. The summed E-state index contributed by atoms with van der Waals surface area (Å²) in [6, 6.07) is 9.14. The van der Waals surface area contributed by atoms with Gasteiger partial charge in [-0.25, -0.2) is 4.98 Å². The van der Waals surface area contributed by atoms with Gasteiger partial charge in [-0.1, -0.05) is 18.2 Å². The zero-order valence-corrected chi connectivity index (χ0v) is 15.1. The van der Waals surface area contributed by atoms with Crippen LogP contribution in [0.3, 0.4) is 0 Å². The molecule has 0 bridgehead atoms. The van der Waals surface area contributed by atoms with Gasteiger partial charge in [0.1, 0.15) is 11.6 Å². The summed E-state index contributed by atoms with van der Waals surface area (Å²) in [4.78, 5) is 9.48. The molecule has 1 aliphatic heterocycles. The van der Waals surface area contributed by atoms with Crippen LogP contribution in [-0.4, -0.2) is 53.1 Å². The van der Waals surface area contributed by atoms with Crippen LogP contribution in [0.2, 0.25) is 0 Å². The summed E-state index contributed by atoms with van der Waals surface area (Å²) in [5.41, 5.74) is 1.26. The molecule has 3 rings (SSSR count). The highest BCUT2D eigenvalue weighted by molar-refractivity contribution is 5.36. The minimum atomic E-state index is 0.345. The minimum Gasteiger partial charge on any atom is -0.496 e. The highest BCUT2D eigenvalue weighted by Gasteiger charge is 2.28. The summed E-state index contributed by atoms with van der Waals surface area (Å²) >= 11 is 0. The van der Waals surface area contributed by atoms with E-state index in [0.29, 0.717) is 12.1 Å². The molecule has 5 heteroatoms. The lowest BCUT2D eigenvalue weighted by Gasteiger charge is -2.40. The second-order valence-electron chi connectivity index (χ2n) is 6.82. The lowest BCUT2D eigenvalue weighted by atomic mass is 10.0. The molecular formula is C19H28N4O. The molecule has 0 amide bonds. The van der Waals surface area contributed by atoms with Crippen molar-refractivity contribution in [3.63, 3.8) is 0 Å². The van der Waals surface area contributed by atoms with Gasteiger partial charge in [0.25, 0.3) is 0 Å². The molecule has 24 heavy (non-hydrogen) atoms. The largest absolute Gasteiger partial charge is 0.496 e. The highest BCUT2D eigenvalue weighted by atomic mass is 16.5. The number of para-hydroxylation sites is 1. The van der Waals surface area contributed by atoms with Gasteiger partial charge in [-0.15, -0.1) is 0 Å². The number of rotatable bonds is 5. The van der Waals surface area contributed by atoms with Gasteiger partial charge in [0, 0.05) is 43.6 Å². The van der Waals surface area contributed by atoms with Gasteiger partial charge in [0.2, 0.25) is 0 Å². The molecule has 2 aromatic rings. The van der Waals surface area contributed by atoms with Crippen LogP contribution >= 0.6 is 0 Å². The Morgan fingerprint density at radius 3 is 2.79 bits per heavy atom. The van der Waals surface area contributed by atoms with Crippen LogP contribution in [0.1, 0.15) is 37.3 Å². The van der Waals surface area contributed by atoms with Gasteiger partial charge in [-0.2, -0.15) is 0 Å². The third-order valence-corrected chi connectivity index (χ3v) is 4.90. The van der Waals surface area contributed by atoms with Gasteiger partial charge in [0.05, 0.1) is 19.7 Å². The molecular weight excluding hydrogens is 300 g/mol. The van der Waals surface area contributed by atoms with E-state index in [1.807, 2.05) is 18.3 Å². The molecule has 0 N–H and O–H groups in total. The van der Waals surface area contributed by atoms with Crippen molar-refractivity contribution in [1.29, 1.82) is 0 Å². The molecule has 0 aliphatic carbocycles. The van der Waals surface area contributed by atoms with Crippen molar-refractivity contribution in [2.75, 3.05) is 33.8 Å². The molecule has 1 aliphatic rings. The third-order valence-electron chi connectivity index (χ3n) is 4.90. The van der Waals surface area contributed by atoms with Gasteiger partial charge < -0.3 is 9.30 Å². The number of nitrogens with zero attached hydrogens (tertiary/aromatic N) is 4. The highest BCUT2D eigenvalue weighted by Crippen LogP contribution is 2.31. The lowest BCUT2D eigenvalue weighted by molar-refractivity contribution is 0.0861. The van der Waals surface area contributed by atoms with Crippen LogP contribution in [0.4, 0.5) is 0 Å². The first-order chi connectivity index (χ1) is 11.6. The van der Waals surface area contributed by atoms with Gasteiger partial charge in [-0.3, -0.25) is 9.80 Å². The first kappa shape index (κ1) is 17.0.